The summed E-state index contributed by atoms with van der Waals surface area (Å²) in [5, 5.41) is 0.934. The van der Waals surface area contributed by atoms with Gasteiger partial charge in [-0.1, -0.05) is 21.9 Å². The molecule has 2 bridgehead atoms. The first-order valence-corrected chi connectivity index (χ1v) is 4.54. The number of hydrogen-bond donors (Lipinski definition) is 0. The van der Waals surface area contributed by atoms with Crippen LogP contribution in [-0.2, 0) is 4.74 Å². The van der Waals surface area contributed by atoms with Crippen LogP contribution in [0.15, 0.2) is 0 Å². The molecule has 0 aromatic rings. The second kappa shape index (κ2) is 1.78. The van der Waals surface area contributed by atoms with Gasteiger partial charge in [0.25, 0.3) is 0 Å². The van der Waals surface area contributed by atoms with Crippen molar-refractivity contribution in [3.63, 3.8) is 0 Å². The van der Waals surface area contributed by atoms with Crippen molar-refractivity contribution < 1.29 is 4.74 Å². The quantitative estimate of drug-likeness (QED) is 0.462. The third-order valence-corrected chi connectivity index (χ3v) is 3.55. The predicted octanol–water partition coefficient (Wildman–Crippen LogP) is 1.56. The summed E-state index contributed by atoms with van der Waals surface area (Å²) in [5.41, 5.74) is 0.236. The van der Waals surface area contributed by atoms with Crippen LogP contribution < -0.4 is 0 Å². The molecule has 3 fully saturated rings. The molecule has 2 saturated heterocycles. The van der Waals surface area contributed by atoms with Crippen LogP contribution in [0.1, 0.15) is 12.8 Å². The molecule has 0 unspecified atom stereocenters. The SMILES string of the molecule is C#CC12COC(CBr)(C1)C2. The molecule has 1 nitrogen and oxygen atoms in total. The zero-order valence-corrected chi connectivity index (χ0v) is 7.28. The predicted molar refractivity (Wildman–Crippen MR) is 43.0 cm³/mol. The Bertz CT molecular complexity index is 198. The van der Waals surface area contributed by atoms with Crippen LogP contribution in [0.5, 0.6) is 0 Å². The van der Waals surface area contributed by atoms with E-state index in [4.69, 9.17) is 11.2 Å². The molecule has 0 atom stereocenters. The fourth-order valence-electron chi connectivity index (χ4n) is 1.95. The van der Waals surface area contributed by atoms with Gasteiger partial charge in [0.15, 0.2) is 0 Å². The number of rotatable bonds is 1. The van der Waals surface area contributed by atoms with Gasteiger partial charge >= 0.3 is 0 Å². The fourth-order valence-corrected chi connectivity index (χ4v) is 2.51. The second-order valence-electron chi connectivity index (χ2n) is 3.38. The molecule has 2 heterocycles. The molecule has 2 aliphatic heterocycles. The highest BCUT2D eigenvalue weighted by atomic mass is 79.9. The third-order valence-electron chi connectivity index (χ3n) is 2.53. The van der Waals surface area contributed by atoms with Crippen molar-refractivity contribution in [1.82, 2.24) is 0 Å². The van der Waals surface area contributed by atoms with Gasteiger partial charge in [-0.25, -0.2) is 0 Å². The van der Waals surface area contributed by atoms with Gasteiger partial charge in [-0.15, -0.1) is 6.42 Å². The maximum absolute atomic E-state index is 5.57. The lowest BCUT2D eigenvalue weighted by Gasteiger charge is -2.40. The Balaban J connectivity index is 2.15. The van der Waals surface area contributed by atoms with Crippen LogP contribution in [0, 0.1) is 17.8 Å². The molecule has 0 amide bonds. The highest BCUT2D eigenvalue weighted by molar-refractivity contribution is 9.09. The van der Waals surface area contributed by atoms with E-state index in [1.807, 2.05) is 0 Å². The normalized spacial score (nSPS) is 50.0. The Labute approximate surface area is 69.3 Å². The number of ether oxygens (including phenoxy) is 1. The zero-order chi connectivity index (χ0) is 7.24. The zero-order valence-electron chi connectivity index (χ0n) is 5.69. The average molecular weight is 201 g/mol. The summed E-state index contributed by atoms with van der Waals surface area (Å²) in [4.78, 5) is 0. The van der Waals surface area contributed by atoms with Crippen molar-refractivity contribution in [3.05, 3.63) is 0 Å². The van der Waals surface area contributed by atoms with Crippen molar-refractivity contribution in [2.75, 3.05) is 11.9 Å². The number of halogens is 1. The molecule has 2 heteroatoms. The molecule has 1 saturated carbocycles. The third kappa shape index (κ3) is 0.627. The Kier molecular flexibility index (Phi) is 1.19. The van der Waals surface area contributed by atoms with E-state index in [1.165, 1.54) is 0 Å². The van der Waals surface area contributed by atoms with E-state index in [9.17, 15) is 0 Å². The van der Waals surface area contributed by atoms with Crippen molar-refractivity contribution >= 4 is 15.9 Å². The first-order valence-electron chi connectivity index (χ1n) is 3.42. The van der Waals surface area contributed by atoms with Gasteiger partial charge in [0.2, 0.25) is 0 Å². The topological polar surface area (TPSA) is 9.23 Å². The molecule has 3 aliphatic rings. The van der Waals surface area contributed by atoms with Gasteiger partial charge < -0.3 is 4.74 Å². The van der Waals surface area contributed by atoms with Crippen LogP contribution in [0.3, 0.4) is 0 Å². The van der Waals surface area contributed by atoms with E-state index in [0.29, 0.717) is 0 Å². The Morgan fingerprint density at radius 1 is 1.60 bits per heavy atom. The van der Waals surface area contributed by atoms with E-state index in [1.54, 1.807) is 0 Å². The monoisotopic (exact) mass is 200 g/mol. The Morgan fingerprint density at radius 3 is 2.60 bits per heavy atom. The minimum Gasteiger partial charge on any atom is -0.372 e. The molecule has 0 N–H and O–H groups in total. The molecule has 0 spiro atoms. The van der Waals surface area contributed by atoms with Crippen molar-refractivity contribution in [2.45, 2.75) is 18.4 Å². The van der Waals surface area contributed by atoms with Gasteiger partial charge in [0.1, 0.15) is 0 Å². The minimum atomic E-state index is 0.117. The van der Waals surface area contributed by atoms with E-state index in [-0.39, 0.29) is 11.0 Å². The summed E-state index contributed by atoms with van der Waals surface area (Å²) < 4.78 is 5.57. The highest BCUT2D eigenvalue weighted by Crippen LogP contribution is 2.57. The maximum atomic E-state index is 5.57. The molecule has 0 radical (unpaired) electrons. The van der Waals surface area contributed by atoms with Gasteiger partial charge in [-0.05, 0) is 12.8 Å². The number of hydrogen-bond acceptors (Lipinski definition) is 1. The molecule has 10 heavy (non-hydrogen) atoms. The van der Waals surface area contributed by atoms with Crippen LogP contribution in [-0.4, -0.2) is 17.5 Å². The van der Waals surface area contributed by atoms with Crippen LogP contribution in [0.25, 0.3) is 0 Å². The number of terminal acetylenes is 1. The summed E-state index contributed by atoms with van der Waals surface area (Å²) in [7, 11) is 0. The van der Waals surface area contributed by atoms with Crippen LogP contribution in [0.4, 0.5) is 0 Å². The molecule has 3 rings (SSSR count). The number of fused-ring (bicyclic) bond motifs is 1. The molecule has 54 valence electrons. The largest absolute Gasteiger partial charge is 0.372 e. The van der Waals surface area contributed by atoms with Gasteiger partial charge in [-0.2, -0.15) is 0 Å². The highest BCUT2D eigenvalue weighted by Gasteiger charge is 2.61. The van der Waals surface area contributed by atoms with E-state index in [0.717, 1.165) is 24.8 Å². The minimum absolute atomic E-state index is 0.117. The van der Waals surface area contributed by atoms with Gasteiger partial charge in [-0.3, -0.25) is 0 Å². The van der Waals surface area contributed by atoms with Gasteiger partial charge in [0.05, 0.1) is 17.6 Å². The summed E-state index contributed by atoms with van der Waals surface area (Å²) in [5.74, 6) is 2.82. The Hall–Kier alpha value is 0. The summed E-state index contributed by atoms with van der Waals surface area (Å²) in [6, 6.07) is 0. The first-order chi connectivity index (χ1) is 4.74. The molecular weight excluding hydrogens is 192 g/mol. The summed E-state index contributed by atoms with van der Waals surface area (Å²) in [6.07, 6.45) is 7.49. The second-order valence-corrected chi connectivity index (χ2v) is 3.94. The lowest BCUT2D eigenvalue weighted by molar-refractivity contribution is 0.0191. The van der Waals surface area contributed by atoms with Gasteiger partial charge in [0, 0.05) is 5.33 Å². The van der Waals surface area contributed by atoms with Crippen LogP contribution in [0.2, 0.25) is 0 Å². The summed E-state index contributed by atoms with van der Waals surface area (Å²) in [6.45, 7) is 0.773. The van der Waals surface area contributed by atoms with Crippen molar-refractivity contribution in [1.29, 1.82) is 0 Å². The van der Waals surface area contributed by atoms with E-state index >= 15 is 0 Å². The smallest absolute Gasteiger partial charge is 0.0810 e. The maximum Gasteiger partial charge on any atom is 0.0810 e. The lowest BCUT2D eigenvalue weighted by Crippen LogP contribution is -2.44. The van der Waals surface area contributed by atoms with E-state index < -0.39 is 0 Å². The first kappa shape index (κ1) is 6.69. The van der Waals surface area contributed by atoms with E-state index in [2.05, 4.69) is 21.9 Å². The standard InChI is InChI=1S/C8H9BrO/c1-2-7-3-8(4-7,5-9)10-6-7/h1H,3-6H2. The molecule has 1 aliphatic carbocycles. The Morgan fingerprint density at radius 2 is 2.30 bits per heavy atom. The number of alkyl halides is 1. The average Bonchev–Trinajstić information content (AvgIpc) is 2.40. The van der Waals surface area contributed by atoms with Crippen LogP contribution >= 0.6 is 15.9 Å². The fraction of sp³-hybridized carbons (Fsp3) is 0.750. The summed E-state index contributed by atoms with van der Waals surface area (Å²) >= 11 is 3.43. The van der Waals surface area contributed by atoms with Crippen molar-refractivity contribution in [3.8, 4) is 12.3 Å². The lowest BCUT2D eigenvalue weighted by atomic mass is 9.64. The molecular formula is C8H9BrO. The van der Waals surface area contributed by atoms with Crippen molar-refractivity contribution in [2.24, 2.45) is 5.41 Å². The molecule has 0 aromatic carbocycles. The molecule has 0 aromatic heterocycles.